The standard InChI is InChI=1S/C12H18N2O4S/c1-4-18-11-7-5-6-10(12(11)14(15)16)13-8-9(2)19(3)17/h5-7,9,13H,4,8H2,1-3H3. The van der Waals surface area contributed by atoms with E-state index in [0.717, 1.165) is 0 Å². The molecule has 0 radical (unpaired) electrons. The number of benzene rings is 1. The predicted octanol–water partition coefficient (Wildman–Crippen LogP) is 2.17. The summed E-state index contributed by atoms with van der Waals surface area (Å²) in [5.41, 5.74) is 0.298. The van der Waals surface area contributed by atoms with Gasteiger partial charge in [-0.1, -0.05) is 6.07 Å². The van der Waals surface area contributed by atoms with E-state index in [2.05, 4.69) is 5.32 Å². The van der Waals surface area contributed by atoms with Gasteiger partial charge < -0.3 is 10.1 Å². The van der Waals surface area contributed by atoms with Crippen molar-refractivity contribution in [1.82, 2.24) is 0 Å². The summed E-state index contributed by atoms with van der Waals surface area (Å²) in [4.78, 5) is 10.7. The van der Waals surface area contributed by atoms with E-state index in [4.69, 9.17) is 4.74 Å². The molecule has 7 heteroatoms. The molecule has 0 bridgehead atoms. The Morgan fingerprint density at radius 3 is 2.74 bits per heavy atom. The summed E-state index contributed by atoms with van der Waals surface area (Å²) in [6.07, 6.45) is 1.61. The maximum Gasteiger partial charge on any atom is 0.333 e. The van der Waals surface area contributed by atoms with Crippen LogP contribution in [-0.2, 0) is 10.8 Å². The largest absolute Gasteiger partial charge is 0.487 e. The first-order chi connectivity index (χ1) is 8.97. The molecule has 1 aromatic rings. The van der Waals surface area contributed by atoms with Crippen molar-refractivity contribution in [3.63, 3.8) is 0 Å². The van der Waals surface area contributed by atoms with Gasteiger partial charge in [0.1, 0.15) is 5.69 Å². The van der Waals surface area contributed by atoms with Gasteiger partial charge in [0.15, 0.2) is 5.75 Å². The Balaban J connectivity index is 2.96. The molecule has 2 atom stereocenters. The zero-order valence-corrected chi connectivity index (χ0v) is 12.0. The molecule has 0 aromatic heterocycles. The number of anilines is 1. The molecule has 0 amide bonds. The summed E-state index contributed by atoms with van der Waals surface area (Å²) in [6.45, 7) is 4.35. The molecule has 6 nitrogen and oxygen atoms in total. The zero-order chi connectivity index (χ0) is 14.4. The predicted molar refractivity (Wildman–Crippen MR) is 76.3 cm³/mol. The van der Waals surface area contributed by atoms with E-state index in [0.29, 0.717) is 18.8 Å². The number of para-hydroxylation sites is 1. The third-order valence-electron chi connectivity index (χ3n) is 2.63. The molecule has 0 aliphatic rings. The molecule has 2 unspecified atom stereocenters. The van der Waals surface area contributed by atoms with E-state index in [9.17, 15) is 14.3 Å². The Labute approximate surface area is 114 Å². The Kier molecular flexibility index (Phi) is 5.75. The molecule has 106 valence electrons. The van der Waals surface area contributed by atoms with Crippen molar-refractivity contribution in [3.8, 4) is 5.75 Å². The normalized spacial score (nSPS) is 13.6. The van der Waals surface area contributed by atoms with E-state index < -0.39 is 15.7 Å². The molecule has 0 fully saturated rings. The maximum absolute atomic E-state index is 11.3. The fraction of sp³-hybridized carbons (Fsp3) is 0.500. The number of nitrogens with one attached hydrogen (secondary N) is 1. The molecule has 0 saturated heterocycles. The van der Waals surface area contributed by atoms with Gasteiger partial charge in [-0.15, -0.1) is 0 Å². The lowest BCUT2D eigenvalue weighted by atomic mass is 10.2. The van der Waals surface area contributed by atoms with E-state index in [-0.39, 0.29) is 16.7 Å². The van der Waals surface area contributed by atoms with Crippen LogP contribution in [0.25, 0.3) is 0 Å². The van der Waals surface area contributed by atoms with E-state index in [1.54, 1.807) is 31.4 Å². The van der Waals surface area contributed by atoms with Crippen LogP contribution in [0, 0.1) is 10.1 Å². The number of hydrogen-bond acceptors (Lipinski definition) is 5. The van der Waals surface area contributed by atoms with Crippen LogP contribution >= 0.6 is 0 Å². The molecular weight excluding hydrogens is 268 g/mol. The van der Waals surface area contributed by atoms with Crippen LogP contribution in [-0.4, -0.2) is 33.8 Å². The molecule has 1 rings (SSSR count). The third-order valence-corrected chi connectivity index (χ3v) is 3.93. The van der Waals surface area contributed by atoms with Crippen molar-refractivity contribution >= 4 is 22.2 Å². The van der Waals surface area contributed by atoms with Gasteiger partial charge in [0.2, 0.25) is 0 Å². The van der Waals surface area contributed by atoms with Crippen molar-refractivity contribution in [2.75, 3.05) is 24.7 Å². The summed E-state index contributed by atoms with van der Waals surface area (Å²) in [5.74, 6) is 0.239. The van der Waals surface area contributed by atoms with Crippen LogP contribution < -0.4 is 10.1 Å². The molecule has 0 heterocycles. The Morgan fingerprint density at radius 2 is 2.21 bits per heavy atom. The minimum absolute atomic E-state index is 0.0848. The summed E-state index contributed by atoms with van der Waals surface area (Å²) in [6, 6.07) is 4.87. The second-order valence-corrected chi connectivity index (χ2v) is 5.83. The molecule has 0 spiro atoms. The molecule has 19 heavy (non-hydrogen) atoms. The van der Waals surface area contributed by atoms with Gasteiger partial charge in [0, 0.05) is 28.9 Å². The molecule has 1 aromatic carbocycles. The van der Waals surface area contributed by atoms with Gasteiger partial charge in [0.05, 0.1) is 11.5 Å². The van der Waals surface area contributed by atoms with Crippen LogP contribution in [0.5, 0.6) is 5.75 Å². The highest BCUT2D eigenvalue weighted by molar-refractivity contribution is 7.84. The van der Waals surface area contributed by atoms with E-state index in [1.165, 1.54) is 0 Å². The fourth-order valence-electron chi connectivity index (χ4n) is 1.50. The summed E-state index contributed by atoms with van der Waals surface area (Å²) < 4.78 is 16.5. The van der Waals surface area contributed by atoms with Crippen molar-refractivity contribution in [1.29, 1.82) is 0 Å². The number of nitrogens with zero attached hydrogens (tertiary/aromatic N) is 1. The van der Waals surface area contributed by atoms with Gasteiger partial charge in [-0.25, -0.2) is 0 Å². The lowest BCUT2D eigenvalue weighted by molar-refractivity contribution is -0.384. The lowest BCUT2D eigenvalue weighted by Gasteiger charge is -2.13. The number of rotatable bonds is 7. The van der Waals surface area contributed by atoms with Gasteiger partial charge in [0.25, 0.3) is 0 Å². The topological polar surface area (TPSA) is 81.5 Å². The van der Waals surface area contributed by atoms with Crippen LogP contribution in [0.2, 0.25) is 0 Å². The summed E-state index contributed by atoms with van der Waals surface area (Å²) in [5, 5.41) is 14.0. The maximum atomic E-state index is 11.3. The smallest absolute Gasteiger partial charge is 0.333 e. The number of hydrogen-bond donors (Lipinski definition) is 1. The molecule has 1 N–H and O–H groups in total. The second kappa shape index (κ2) is 7.08. The Morgan fingerprint density at radius 1 is 1.53 bits per heavy atom. The quantitative estimate of drug-likeness (QED) is 0.613. The average molecular weight is 286 g/mol. The highest BCUT2D eigenvalue weighted by atomic mass is 32.2. The van der Waals surface area contributed by atoms with E-state index >= 15 is 0 Å². The SMILES string of the molecule is CCOc1cccc(NCC(C)S(C)=O)c1[N+](=O)[O-]. The van der Waals surface area contributed by atoms with Crippen LogP contribution in [0.4, 0.5) is 11.4 Å². The first-order valence-electron chi connectivity index (χ1n) is 5.93. The van der Waals surface area contributed by atoms with Crippen LogP contribution in [0.3, 0.4) is 0 Å². The van der Waals surface area contributed by atoms with Gasteiger partial charge in [-0.2, -0.15) is 0 Å². The molecule has 0 aliphatic heterocycles. The second-order valence-electron chi connectivity index (χ2n) is 4.03. The number of nitro groups is 1. The summed E-state index contributed by atoms with van der Waals surface area (Å²) in [7, 11) is -0.974. The van der Waals surface area contributed by atoms with Gasteiger partial charge in [-0.3, -0.25) is 14.3 Å². The van der Waals surface area contributed by atoms with Crippen molar-refractivity contribution in [2.45, 2.75) is 19.1 Å². The van der Waals surface area contributed by atoms with Crippen molar-refractivity contribution in [3.05, 3.63) is 28.3 Å². The fourth-order valence-corrected chi connectivity index (χ4v) is 1.81. The van der Waals surface area contributed by atoms with Gasteiger partial charge in [-0.05, 0) is 26.0 Å². The minimum Gasteiger partial charge on any atom is -0.487 e. The average Bonchev–Trinajstić information content (AvgIpc) is 2.35. The summed E-state index contributed by atoms with van der Waals surface area (Å²) >= 11 is 0. The molecule has 0 aliphatic carbocycles. The van der Waals surface area contributed by atoms with Crippen molar-refractivity contribution in [2.24, 2.45) is 0 Å². The highest BCUT2D eigenvalue weighted by Crippen LogP contribution is 2.34. The first kappa shape index (κ1) is 15.4. The minimum atomic E-state index is -0.974. The number of nitro benzene ring substituents is 1. The molecular formula is C12H18N2O4S. The Bertz CT molecular complexity index is 479. The van der Waals surface area contributed by atoms with Crippen molar-refractivity contribution < 1.29 is 13.9 Å². The lowest BCUT2D eigenvalue weighted by Crippen LogP contribution is -2.21. The molecule has 0 saturated carbocycles. The highest BCUT2D eigenvalue weighted by Gasteiger charge is 2.21. The van der Waals surface area contributed by atoms with E-state index in [1.807, 2.05) is 6.92 Å². The monoisotopic (exact) mass is 286 g/mol. The first-order valence-corrected chi connectivity index (χ1v) is 7.55. The Hall–Kier alpha value is -1.63. The van der Waals surface area contributed by atoms with Gasteiger partial charge >= 0.3 is 5.69 Å². The van der Waals surface area contributed by atoms with Crippen LogP contribution in [0.1, 0.15) is 13.8 Å². The third kappa shape index (κ3) is 4.20. The number of ether oxygens (including phenoxy) is 1. The zero-order valence-electron chi connectivity index (χ0n) is 11.2. The van der Waals surface area contributed by atoms with Crippen LogP contribution in [0.15, 0.2) is 18.2 Å².